The number of likely N-dealkylation sites (tertiary alicyclic amines) is 1. The number of rotatable bonds is 3. The van der Waals surface area contributed by atoms with Crippen molar-refractivity contribution in [1.82, 2.24) is 10.2 Å². The van der Waals surface area contributed by atoms with Gasteiger partial charge in [-0.25, -0.2) is 9.59 Å². The second kappa shape index (κ2) is 5.39. The highest BCUT2D eigenvalue weighted by Gasteiger charge is 2.40. The van der Waals surface area contributed by atoms with Gasteiger partial charge in [0, 0.05) is 13.1 Å². The van der Waals surface area contributed by atoms with Gasteiger partial charge in [0.05, 0.1) is 0 Å². The predicted molar refractivity (Wildman–Crippen MR) is 79.9 cm³/mol. The van der Waals surface area contributed by atoms with Crippen LogP contribution in [0.15, 0.2) is 30.3 Å². The topological polar surface area (TPSA) is 69.6 Å². The van der Waals surface area contributed by atoms with Gasteiger partial charge in [-0.05, 0) is 24.3 Å². The Kier molecular flexibility index (Phi) is 3.94. The van der Waals surface area contributed by atoms with Gasteiger partial charge in [-0.1, -0.05) is 44.2 Å². The molecule has 0 aromatic heterocycles. The van der Waals surface area contributed by atoms with Gasteiger partial charge < -0.3 is 15.3 Å². The highest BCUT2D eigenvalue weighted by molar-refractivity contribution is 5.87. The zero-order valence-electron chi connectivity index (χ0n) is 12.7. The second-order valence-electron chi connectivity index (χ2n) is 6.56. The summed E-state index contributed by atoms with van der Waals surface area (Å²) < 4.78 is 0. The van der Waals surface area contributed by atoms with Crippen LogP contribution in [-0.2, 0) is 10.3 Å². The first-order valence-corrected chi connectivity index (χ1v) is 7.11. The van der Waals surface area contributed by atoms with Crippen molar-refractivity contribution in [2.45, 2.75) is 32.7 Å². The lowest BCUT2D eigenvalue weighted by Gasteiger charge is -2.30. The van der Waals surface area contributed by atoms with Crippen LogP contribution in [0.5, 0.6) is 0 Å². The average molecular weight is 290 g/mol. The monoisotopic (exact) mass is 290 g/mol. The SMILES string of the molecule is CC1(C)CCN(C(=O)NC(C)(C(=O)O)c2ccccc2)C1. The van der Waals surface area contributed by atoms with Crippen LogP contribution in [0, 0.1) is 5.41 Å². The second-order valence-corrected chi connectivity index (χ2v) is 6.56. The summed E-state index contributed by atoms with van der Waals surface area (Å²) in [6, 6.07) is 8.44. The van der Waals surface area contributed by atoms with E-state index in [9.17, 15) is 14.7 Å². The number of benzene rings is 1. The number of hydrogen-bond acceptors (Lipinski definition) is 2. The molecule has 5 heteroatoms. The van der Waals surface area contributed by atoms with E-state index >= 15 is 0 Å². The molecule has 1 aromatic carbocycles. The zero-order chi connectivity index (χ0) is 15.7. The van der Waals surface area contributed by atoms with E-state index in [2.05, 4.69) is 19.2 Å². The third kappa shape index (κ3) is 3.17. The van der Waals surface area contributed by atoms with Crippen molar-refractivity contribution in [2.75, 3.05) is 13.1 Å². The van der Waals surface area contributed by atoms with E-state index in [-0.39, 0.29) is 11.4 Å². The summed E-state index contributed by atoms with van der Waals surface area (Å²) in [6.45, 7) is 7.03. The molecule has 2 N–H and O–H groups in total. The van der Waals surface area contributed by atoms with E-state index in [0.29, 0.717) is 18.7 Å². The van der Waals surface area contributed by atoms with Crippen LogP contribution >= 0.6 is 0 Å². The summed E-state index contributed by atoms with van der Waals surface area (Å²) in [5.41, 5.74) is -0.779. The summed E-state index contributed by atoms with van der Waals surface area (Å²) in [5, 5.41) is 12.2. The maximum atomic E-state index is 12.4. The van der Waals surface area contributed by atoms with E-state index in [4.69, 9.17) is 0 Å². The molecule has 1 aromatic rings. The molecule has 0 spiro atoms. The molecular weight excluding hydrogens is 268 g/mol. The van der Waals surface area contributed by atoms with Crippen LogP contribution in [0.1, 0.15) is 32.8 Å². The van der Waals surface area contributed by atoms with Crippen LogP contribution in [0.25, 0.3) is 0 Å². The van der Waals surface area contributed by atoms with E-state index in [0.717, 1.165) is 6.42 Å². The number of nitrogens with zero attached hydrogens (tertiary/aromatic N) is 1. The summed E-state index contributed by atoms with van der Waals surface area (Å²) in [7, 11) is 0. The quantitative estimate of drug-likeness (QED) is 0.898. The largest absolute Gasteiger partial charge is 0.479 e. The van der Waals surface area contributed by atoms with Crippen LogP contribution in [0.2, 0.25) is 0 Å². The third-order valence-corrected chi connectivity index (χ3v) is 4.10. The van der Waals surface area contributed by atoms with Gasteiger partial charge in [0.2, 0.25) is 0 Å². The molecule has 2 rings (SSSR count). The Balaban J connectivity index is 2.18. The van der Waals surface area contributed by atoms with Crippen molar-refractivity contribution >= 4 is 12.0 Å². The Morgan fingerprint density at radius 1 is 1.29 bits per heavy atom. The maximum absolute atomic E-state index is 12.4. The predicted octanol–water partition coefficient (Wildman–Crippen LogP) is 2.43. The van der Waals surface area contributed by atoms with E-state index in [1.165, 1.54) is 6.92 Å². The number of carboxylic acid groups (broad SMARTS) is 1. The molecule has 1 fully saturated rings. The van der Waals surface area contributed by atoms with Gasteiger partial charge in [0.1, 0.15) is 0 Å². The molecule has 1 aliphatic rings. The molecule has 0 radical (unpaired) electrons. The average Bonchev–Trinajstić information content (AvgIpc) is 2.80. The fourth-order valence-corrected chi connectivity index (χ4v) is 2.60. The Hall–Kier alpha value is -2.04. The number of carbonyl (C=O) groups excluding carboxylic acids is 1. The van der Waals surface area contributed by atoms with Gasteiger partial charge in [0.25, 0.3) is 0 Å². The third-order valence-electron chi connectivity index (χ3n) is 4.10. The molecule has 1 unspecified atom stereocenters. The van der Waals surface area contributed by atoms with E-state index in [1.807, 2.05) is 6.07 Å². The smallest absolute Gasteiger partial charge is 0.333 e. The van der Waals surface area contributed by atoms with Crippen molar-refractivity contribution in [3.63, 3.8) is 0 Å². The number of amides is 2. The molecule has 5 nitrogen and oxygen atoms in total. The summed E-state index contributed by atoms with van der Waals surface area (Å²) in [4.78, 5) is 25.7. The normalized spacial score (nSPS) is 19.9. The molecule has 114 valence electrons. The van der Waals surface area contributed by atoms with Gasteiger partial charge in [-0.3, -0.25) is 0 Å². The molecule has 1 heterocycles. The molecular formula is C16H22N2O3. The van der Waals surface area contributed by atoms with Crippen molar-refractivity contribution in [3.05, 3.63) is 35.9 Å². The lowest BCUT2D eigenvalue weighted by atomic mass is 9.92. The Morgan fingerprint density at radius 2 is 1.90 bits per heavy atom. The van der Waals surface area contributed by atoms with Crippen molar-refractivity contribution in [3.8, 4) is 0 Å². The molecule has 0 saturated carbocycles. The lowest BCUT2D eigenvalue weighted by Crippen LogP contribution is -2.53. The minimum Gasteiger partial charge on any atom is -0.479 e. The standard InChI is InChI=1S/C16H22N2O3/c1-15(2)9-10-18(11-15)14(21)17-16(3,13(19)20)12-7-5-4-6-8-12/h4-8H,9-11H2,1-3H3,(H,17,21)(H,19,20). The maximum Gasteiger partial charge on any atom is 0.333 e. The van der Waals surface area contributed by atoms with Gasteiger partial charge in [-0.2, -0.15) is 0 Å². The number of carbonyl (C=O) groups is 2. The van der Waals surface area contributed by atoms with Gasteiger partial charge in [0.15, 0.2) is 5.54 Å². The molecule has 2 amide bonds. The molecule has 1 aliphatic heterocycles. The fourth-order valence-electron chi connectivity index (χ4n) is 2.60. The van der Waals surface area contributed by atoms with Crippen LogP contribution in [0.4, 0.5) is 4.79 Å². The van der Waals surface area contributed by atoms with Crippen molar-refractivity contribution in [2.24, 2.45) is 5.41 Å². The zero-order valence-corrected chi connectivity index (χ0v) is 12.7. The van der Waals surface area contributed by atoms with E-state index in [1.54, 1.807) is 29.2 Å². The highest BCUT2D eigenvalue weighted by atomic mass is 16.4. The Morgan fingerprint density at radius 3 is 2.38 bits per heavy atom. The molecule has 0 aliphatic carbocycles. The van der Waals surface area contributed by atoms with Crippen LogP contribution < -0.4 is 5.32 Å². The molecule has 1 saturated heterocycles. The Bertz CT molecular complexity index is 542. The first-order valence-electron chi connectivity index (χ1n) is 7.11. The first-order chi connectivity index (χ1) is 9.74. The number of aliphatic carboxylic acids is 1. The molecule has 1 atom stereocenters. The van der Waals surface area contributed by atoms with Gasteiger partial charge >= 0.3 is 12.0 Å². The van der Waals surface area contributed by atoms with Crippen LogP contribution in [-0.4, -0.2) is 35.1 Å². The summed E-state index contributed by atoms with van der Waals surface area (Å²) >= 11 is 0. The number of hydrogen-bond donors (Lipinski definition) is 2. The number of carboxylic acids is 1. The van der Waals surface area contributed by atoms with Gasteiger partial charge in [-0.15, -0.1) is 0 Å². The summed E-state index contributed by atoms with van der Waals surface area (Å²) in [5.74, 6) is -1.07. The lowest BCUT2D eigenvalue weighted by molar-refractivity contribution is -0.144. The fraction of sp³-hybridized carbons (Fsp3) is 0.500. The Labute approximate surface area is 125 Å². The summed E-state index contributed by atoms with van der Waals surface area (Å²) in [6.07, 6.45) is 0.926. The van der Waals surface area contributed by atoms with Crippen molar-refractivity contribution < 1.29 is 14.7 Å². The number of nitrogens with one attached hydrogen (secondary N) is 1. The van der Waals surface area contributed by atoms with Crippen LogP contribution in [0.3, 0.4) is 0 Å². The minimum atomic E-state index is -1.43. The first kappa shape index (κ1) is 15.4. The molecule has 0 bridgehead atoms. The highest BCUT2D eigenvalue weighted by Crippen LogP contribution is 2.29. The molecule has 21 heavy (non-hydrogen) atoms. The van der Waals surface area contributed by atoms with E-state index < -0.39 is 11.5 Å². The number of urea groups is 1. The van der Waals surface area contributed by atoms with Crippen molar-refractivity contribution in [1.29, 1.82) is 0 Å². The minimum absolute atomic E-state index is 0.0870.